The van der Waals surface area contributed by atoms with Crippen molar-refractivity contribution in [2.45, 2.75) is 13.0 Å². The largest absolute Gasteiger partial charge is 0.463 e. The number of aryl methyl sites for hydroxylation is 1. The van der Waals surface area contributed by atoms with Gasteiger partial charge in [-0.05, 0) is 12.1 Å². The van der Waals surface area contributed by atoms with Gasteiger partial charge in [0.25, 0.3) is 0 Å². The molecule has 0 aliphatic carbocycles. The average Bonchev–Trinajstić information content (AvgIpc) is 3.43. The molecule has 0 atom stereocenters. The van der Waals surface area contributed by atoms with Crippen molar-refractivity contribution in [1.29, 1.82) is 0 Å². The van der Waals surface area contributed by atoms with Crippen molar-refractivity contribution in [2.75, 3.05) is 0 Å². The highest BCUT2D eigenvalue weighted by Crippen LogP contribution is 2.31. The Kier molecular flexibility index (Phi) is 5.62. The van der Waals surface area contributed by atoms with Crippen LogP contribution < -0.4 is 5.43 Å². The second kappa shape index (κ2) is 8.84. The molecule has 0 saturated heterocycles. The van der Waals surface area contributed by atoms with Crippen molar-refractivity contribution in [3.05, 3.63) is 91.1 Å². The molecule has 2 aromatic carbocycles. The molecule has 6 heteroatoms. The molecule has 0 radical (unpaired) electrons. The van der Waals surface area contributed by atoms with E-state index in [1.54, 1.807) is 24.7 Å². The van der Waals surface area contributed by atoms with Gasteiger partial charge in [0.1, 0.15) is 5.76 Å². The Bertz CT molecular complexity index is 1080. The molecule has 4 rings (SSSR count). The number of carbonyl (C=O) groups is 1. The fourth-order valence-corrected chi connectivity index (χ4v) is 3.07. The van der Waals surface area contributed by atoms with Crippen molar-refractivity contribution in [1.82, 2.24) is 15.0 Å². The maximum Gasteiger partial charge on any atom is 0.241 e. The summed E-state index contributed by atoms with van der Waals surface area (Å²) in [5, 5.41) is 3.92. The number of carbonyl (C=O) groups excluding carboxylic acids is 1. The van der Waals surface area contributed by atoms with Crippen molar-refractivity contribution in [3.8, 4) is 22.5 Å². The van der Waals surface area contributed by atoms with Gasteiger partial charge in [0.05, 0.1) is 30.2 Å². The third kappa shape index (κ3) is 4.50. The van der Waals surface area contributed by atoms with Gasteiger partial charge in [-0.25, -0.2) is 10.4 Å². The number of hydrazone groups is 1. The summed E-state index contributed by atoms with van der Waals surface area (Å²) < 4.78 is 7.15. The standard InChI is InChI=1S/C23H20N4O2/c28-21(26-25-16-20-12-7-15-29-20)13-14-27-17-24-22(18-8-3-1-4-9-18)23(27)19-10-5-2-6-11-19/h1-12,15-17H,13-14H2,(H,26,28)/b25-16-. The SMILES string of the molecule is O=C(CCn1cnc(-c2ccccc2)c1-c1ccccc1)N/N=C\c1ccco1. The van der Waals surface area contributed by atoms with Gasteiger partial charge in [-0.15, -0.1) is 0 Å². The van der Waals surface area contributed by atoms with E-state index in [4.69, 9.17) is 4.42 Å². The lowest BCUT2D eigenvalue weighted by Crippen LogP contribution is -2.19. The van der Waals surface area contributed by atoms with E-state index in [-0.39, 0.29) is 12.3 Å². The normalized spacial score (nSPS) is 11.0. The summed E-state index contributed by atoms with van der Waals surface area (Å²) in [5.41, 5.74) is 6.51. The number of amides is 1. The Morgan fingerprint density at radius 3 is 2.41 bits per heavy atom. The summed E-state index contributed by atoms with van der Waals surface area (Å²) in [5.74, 6) is 0.403. The highest BCUT2D eigenvalue weighted by Gasteiger charge is 2.15. The molecule has 0 unspecified atom stereocenters. The molecule has 144 valence electrons. The van der Waals surface area contributed by atoms with Crippen LogP contribution in [-0.4, -0.2) is 21.7 Å². The molecule has 0 bridgehead atoms. The molecular formula is C23H20N4O2. The van der Waals surface area contributed by atoms with Crippen molar-refractivity contribution in [3.63, 3.8) is 0 Å². The summed E-state index contributed by atoms with van der Waals surface area (Å²) in [6, 6.07) is 23.6. The van der Waals surface area contributed by atoms with Gasteiger partial charge in [-0.1, -0.05) is 60.7 Å². The Morgan fingerprint density at radius 1 is 1.00 bits per heavy atom. The molecule has 0 aliphatic rings. The topological polar surface area (TPSA) is 72.4 Å². The Balaban J connectivity index is 1.51. The average molecular weight is 384 g/mol. The second-order valence-corrected chi connectivity index (χ2v) is 6.43. The molecule has 0 spiro atoms. The summed E-state index contributed by atoms with van der Waals surface area (Å²) in [7, 11) is 0. The Labute approximate surface area is 168 Å². The maximum atomic E-state index is 12.2. The van der Waals surface area contributed by atoms with Crippen LogP contribution in [0.4, 0.5) is 0 Å². The minimum atomic E-state index is -0.179. The van der Waals surface area contributed by atoms with Crippen LogP contribution in [0.2, 0.25) is 0 Å². The quantitative estimate of drug-likeness (QED) is 0.380. The molecule has 29 heavy (non-hydrogen) atoms. The first kappa shape index (κ1) is 18.4. The number of benzene rings is 2. The van der Waals surface area contributed by atoms with Crippen LogP contribution in [0.1, 0.15) is 12.2 Å². The Hall–Kier alpha value is -3.93. The number of rotatable bonds is 7. The van der Waals surface area contributed by atoms with Crippen molar-refractivity contribution in [2.24, 2.45) is 5.10 Å². The van der Waals surface area contributed by atoms with Gasteiger partial charge in [-0.2, -0.15) is 5.10 Å². The minimum absolute atomic E-state index is 0.179. The number of hydrogen-bond acceptors (Lipinski definition) is 4. The van der Waals surface area contributed by atoms with E-state index in [1.807, 2.05) is 65.2 Å². The van der Waals surface area contributed by atoms with Crippen LogP contribution in [0.5, 0.6) is 0 Å². The van der Waals surface area contributed by atoms with Gasteiger partial charge in [0.15, 0.2) is 0 Å². The predicted molar refractivity (Wildman–Crippen MR) is 112 cm³/mol. The monoisotopic (exact) mass is 384 g/mol. The van der Waals surface area contributed by atoms with E-state index >= 15 is 0 Å². The van der Waals surface area contributed by atoms with E-state index in [0.29, 0.717) is 12.3 Å². The van der Waals surface area contributed by atoms with E-state index in [0.717, 1.165) is 22.5 Å². The number of nitrogens with zero attached hydrogens (tertiary/aromatic N) is 3. The van der Waals surface area contributed by atoms with Gasteiger partial charge >= 0.3 is 0 Å². The summed E-state index contributed by atoms with van der Waals surface area (Å²) in [6.07, 6.45) is 5.08. The zero-order valence-electron chi connectivity index (χ0n) is 15.7. The number of imidazole rings is 1. The molecule has 4 aromatic rings. The minimum Gasteiger partial charge on any atom is -0.463 e. The molecule has 0 fully saturated rings. The van der Waals surface area contributed by atoms with Crippen molar-refractivity contribution < 1.29 is 9.21 Å². The van der Waals surface area contributed by atoms with Gasteiger partial charge < -0.3 is 8.98 Å². The maximum absolute atomic E-state index is 12.2. The third-order valence-electron chi connectivity index (χ3n) is 4.44. The lowest BCUT2D eigenvalue weighted by Gasteiger charge is -2.10. The highest BCUT2D eigenvalue weighted by molar-refractivity contribution is 5.81. The van der Waals surface area contributed by atoms with Gasteiger partial charge in [-0.3, -0.25) is 4.79 Å². The van der Waals surface area contributed by atoms with E-state index < -0.39 is 0 Å². The lowest BCUT2D eigenvalue weighted by atomic mass is 10.0. The molecule has 2 heterocycles. The molecule has 0 saturated carbocycles. The van der Waals surface area contributed by atoms with Crippen LogP contribution >= 0.6 is 0 Å². The molecule has 0 aliphatic heterocycles. The fourth-order valence-electron chi connectivity index (χ4n) is 3.07. The number of aromatic nitrogens is 2. The third-order valence-corrected chi connectivity index (χ3v) is 4.44. The molecular weight excluding hydrogens is 364 g/mol. The number of nitrogens with one attached hydrogen (secondary N) is 1. The van der Waals surface area contributed by atoms with E-state index in [2.05, 4.69) is 15.5 Å². The van der Waals surface area contributed by atoms with E-state index in [9.17, 15) is 4.79 Å². The smallest absolute Gasteiger partial charge is 0.241 e. The molecule has 1 N–H and O–H groups in total. The van der Waals surface area contributed by atoms with Gasteiger partial charge in [0.2, 0.25) is 5.91 Å². The van der Waals surface area contributed by atoms with Crippen LogP contribution in [-0.2, 0) is 11.3 Å². The summed E-state index contributed by atoms with van der Waals surface area (Å²) in [4.78, 5) is 16.8. The Morgan fingerprint density at radius 2 is 1.72 bits per heavy atom. The first-order chi connectivity index (χ1) is 14.3. The van der Waals surface area contributed by atoms with Crippen LogP contribution in [0, 0.1) is 0 Å². The van der Waals surface area contributed by atoms with Crippen LogP contribution in [0.25, 0.3) is 22.5 Å². The fraction of sp³-hybridized carbons (Fsp3) is 0.0870. The second-order valence-electron chi connectivity index (χ2n) is 6.43. The zero-order valence-corrected chi connectivity index (χ0v) is 15.7. The first-order valence-corrected chi connectivity index (χ1v) is 9.32. The molecule has 6 nitrogen and oxygen atoms in total. The van der Waals surface area contributed by atoms with Crippen molar-refractivity contribution >= 4 is 12.1 Å². The zero-order chi connectivity index (χ0) is 19.9. The molecule has 1 amide bonds. The number of furan rings is 1. The van der Waals surface area contributed by atoms with Crippen LogP contribution in [0.15, 0.2) is 94.9 Å². The molecule has 2 aromatic heterocycles. The van der Waals surface area contributed by atoms with Crippen LogP contribution in [0.3, 0.4) is 0 Å². The first-order valence-electron chi connectivity index (χ1n) is 9.32. The predicted octanol–water partition coefficient (Wildman–Crippen LogP) is 4.35. The summed E-state index contributed by atoms with van der Waals surface area (Å²) in [6.45, 7) is 0.492. The highest BCUT2D eigenvalue weighted by atomic mass is 16.3. The van der Waals surface area contributed by atoms with Gasteiger partial charge in [0, 0.05) is 24.1 Å². The number of hydrogen-bond donors (Lipinski definition) is 1. The lowest BCUT2D eigenvalue weighted by molar-refractivity contribution is -0.121. The summed E-state index contributed by atoms with van der Waals surface area (Å²) >= 11 is 0. The van der Waals surface area contributed by atoms with E-state index in [1.165, 1.54) is 6.21 Å².